The molecule has 74 valence electrons. The van der Waals surface area contributed by atoms with Gasteiger partial charge in [0.1, 0.15) is 0 Å². The Morgan fingerprint density at radius 2 is 1.85 bits per heavy atom. The van der Waals surface area contributed by atoms with Gasteiger partial charge in [-0.2, -0.15) is 0 Å². The average molecular weight is 183 g/mol. The second kappa shape index (κ2) is 7.49. The summed E-state index contributed by atoms with van der Waals surface area (Å²) in [5.74, 6) is 0.716. The molecule has 0 aliphatic carbocycles. The van der Waals surface area contributed by atoms with E-state index in [0.717, 1.165) is 26.3 Å². The van der Waals surface area contributed by atoms with Gasteiger partial charge >= 0.3 is 0 Å². The number of morpholine rings is 1. The number of guanidine groups is 1. The Morgan fingerprint density at radius 3 is 2.23 bits per heavy atom. The highest BCUT2D eigenvalue weighted by molar-refractivity contribution is 5.84. The molecule has 1 aliphatic rings. The maximum Gasteiger partial charge on any atom is 0.219 e. The molecule has 1 rings (SSSR count). The molecule has 0 aromatic heterocycles. The van der Waals surface area contributed by atoms with Gasteiger partial charge in [0, 0.05) is 20.1 Å². The van der Waals surface area contributed by atoms with Crippen molar-refractivity contribution in [2.75, 3.05) is 33.4 Å². The first-order valence-electron chi connectivity index (χ1n) is 4.14. The first-order chi connectivity index (χ1) is 6.38. The van der Waals surface area contributed by atoms with Crippen molar-refractivity contribution in [1.29, 1.82) is 0 Å². The van der Waals surface area contributed by atoms with E-state index in [2.05, 4.69) is 34.8 Å². The lowest BCUT2D eigenvalue weighted by Crippen LogP contribution is -2.39. The molecule has 4 nitrogen and oxygen atoms in total. The SMILES string of the molecule is C=C.C=NC(=NC)N1CCOCC1. The van der Waals surface area contributed by atoms with Crippen LogP contribution in [0, 0.1) is 0 Å². The van der Waals surface area contributed by atoms with Crippen molar-refractivity contribution >= 4 is 12.7 Å². The zero-order valence-electron chi connectivity index (χ0n) is 8.20. The monoisotopic (exact) mass is 183 g/mol. The number of hydrogen-bond donors (Lipinski definition) is 0. The van der Waals surface area contributed by atoms with Crippen LogP contribution in [0.5, 0.6) is 0 Å². The Hall–Kier alpha value is -1.16. The van der Waals surface area contributed by atoms with E-state index in [-0.39, 0.29) is 0 Å². The summed E-state index contributed by atoms with van der Waals surface area (Å²) < 4.78 is 5.18. The minimum atomic E-state index is 0.716. The molecule has 4 heteroatoms. The minimum Gasteiger partial charge on any atom is -0.378 e. The van der Waals surface area contributed by atoms with E-state index in [1.807, 2.05) is 0 Å². The largest absolute Gasteiger partial charge is 0.378 e. The fourth-order valence-electron chi connectivity index (χ4n) is 1.08. The van der Waals surface area contributed by atoms with Crippen LogP contribution >= 0.6 is 0 Å². The fraction of sp³-hybridized carbons (Fsp3) is 0.556. The van der Waals surface area contributed by atoms with Crippen molar-refractivity contribution in [3.8, 4) is 0 Å². The Kier molecular flexibility index (Phi) is 6.82. The molecule has 1 aliphatic heterocycles. The zero-order chi connectivity index (χ0) is 10.1. The number of aliphatic imine (C=N–C) groups is 2. The van der Waals surface area contributed by atoms with Crippen LogP contribution in [0.2, 0.25) is 0 Å². The molecule has 0 aromatic rings. The van der Waals surface area contributed by atoms with Crippen molar-refractivity contribution in [2.24, 2.45) is 9.98 Å². The molecule has 0 radical (unpaired) electrons. The topological polar surface area (TPSA) is 37.2 Å². The predicted molar refractivity (Wildman–Crippen MR) is 56.6 cm³/mol. The van der Waals surface area contributed by atoms with E-state index in [1.165, 1.54) is 0 Å². The summed E-state index contributed by atoms with van der Waals surface area (Å²) in [5, 5.41) is 0. The molecule has 0 saturated carbocycles. The van der Waals surface area contributed by atoms with Crippen LogP contribution in [-0.4, -0.2) is 50.9 Å². The highest BCUT2D eigenvalue weighted by atomic mass is 16.5. The fourth-order valence-corrected chi connectivity index (χ4v) is 1.08. The Morgan fingerprint density at radius 1 is 1.31 bits per heavy atom. The van der Waals surface area contributed by atoms with Crippen LogP contribution in [0.4, 0.5) is 0 Å². The zero-order valence-corrected chi connectivity index (χ0v) is 8.20. The van der Waals surface area contributed by atoms with E-state index in [1.54, 1.807) is 7.05 Å². The lowest BCUT2D eigenvalue weighted by molar-refractivity contribution is 0.0676. The minimum absolute atomic E-state index is 0.716. The van der Waals surface area contributed by atoms with Gasteiger partial charge in [0.25, 0.3) is 0 Å². The highest BCUT2D eigenvalue weighted by Gasteiger charge is 2.12. The van der Waals surface area contributed by atoms with E-state index < -0.39 is 0 Å². The predicted octanol–water partition coefficient (Wildman–Crippen LogP) is 0.807. The average Bonchev–Trinajstić information content (AvgIpc) is 2.24. The Balaban J connectivity index is 0.000000671. The third-order valence-electron chi connectivity index (χ3n) is 1.64. The van der Waals surface area contributed by atoms with Crippen LogP contribution in [0.15, 0.2) is 23.1 Å². The summed E-state index contributed by atoms with van der Waals surface area (Å²) >= 11 is 0. The van der Waals surface area contributed by atoms with Gasteiger partial charge in [0.2, 0.25) is 5.96 Å². The van der Waals surface area contributed by atoms with Gasteiger partial charge in [-0.05, 0) is 6.72 Å². The standard InChI is InChI=1S/C7H13N3O.C2H4/c1-8-7(9-2)10-3-5-11-6-4-10;1-2/h1,3-6H2,2H3;1-2H2. The summed E-state index contributed by atoms with van der Waals surface area (Å²) in [7, 11) is 1.72. The summed E-state index contributed by atoms with van der Waals surface area (Å²) in [6.45, 7) is 12.7. The first-order valence-corrected chi connectivity index (χ1v) is 4.14. The smallest absolute Gasteiger partial charge is 0.219 e. The summed E-state index contributed by atoms with van der Waals surface area (Å²) in [6, 6.07) is 0. The second-order valence-corrected chi connectivity index (χ2v) is 2.28. The third kappa shape index (κ3) is 3.85. The van der Waals surface area contributed by atoms with E-state index in [0.29, 0.717) is 5.96 Å². The number of ether oxygens (including phenoxy) is 1. The van der Waals surface area contributed by atoms with Gasteiger partial charge in [-0.3, -0.25) is 4.99 Å². The molecular weight excluding hydrogens is 166 g/mol. The maximum atomic E-state index is 5.18. The van der Waals surface area contributed by atoms with Gasteiger partial charge < -0.3 is 9.64 Å². The van der Waals surface area contributed by atoms with Gasteiger partial charge in [-0.15, -0.1) is 13.2 Å². The summed E-state index contributed by atoms with van der Waals surface area (Å²) in [6.07, 6.45) is 0. The van der Waals surface area contributed by atoms with Gasteiger partial charge in [0.15, 0.2) is 0 Å². The van der Waals surface area contributed by atoms with Gasteiger partial charge in [0.05, 0.1) is 13.2 Å². The lowest BCUT2D eigenvalue weighted by Gasteiger charge is -2.27. The van der Waals surface area contributed by atoms with Crippen LogP contribution in [0.25, 0.3) is 0 Å². The number of hydrogen-bond acceptors (Lipinski definition) is 2. The van der Waals surface area contributed by atoms with Crippen LogP contribution in [-0.2, 0) is 4.74 Å². The van der Waals surface area contributed by atoms with Crippen molar-refractivity contribution in [1.82, 2.24) is 4.90 Å². The molecule has 1 fully saturated rings. The number of nitrogens with zero attached hydrogens (tertiary/aromatic N) is 3. The molecule has 1 saturated heterocycles. The third-order valence-corrected chi connectivity index (χ3v) is 1.64. The van der Waals surface area contributed by atoms with Crippen LogP contribution in [0.1, 0.15) is 0 Å². The van der Waals surface area contributed by atoms with E-state index >= 15 is 0 Å². The molecule has 0 bridgehead atoms. The highest BCUT2D eigenvalue weighted by Crippen LogP contribution is 1.98. The summed E-state index contributed by atoms with van der Waals surface area (Å²) in [4.78, 5) is 9.85. The first kappa shape index (κ1) is 11.8. The van der Waals surface area contributed by atoms with Crippen molar-refractivity contribution in [3.05, 3.63) is 13.2 Å². The van der Waals surface area contributed by atoms with Gasteiger partial charge in [-0.25, -0.2) is 4.99 Å². The molecule has 0 spiro atoms. The molecule has 0 N–H and O–H groups in total. The van der Waals surface area contributed by atoms with Gasteiger partial charge in [-0.1, -0.05) is 0 Å². The second-order valence-electron chi connectivity index (χ2n) is 2.28. The Labute approximate surface area is 79.6 Å². The quantitative estimate of drug-likeness (QED) is 0.316. The van der Waals surface area contributed by atoms with Crippen molar-refractivity contribution in [3.63, 3.8) is 0 Å². The van der Waals surface area contributed by atoms with Crippen molar-refractivity contribution < 1.29 is 4.74 Å². The molecule has 13 heavy (non-hydrogen) atoms. The molecule has 1 heterocycles. The molecular formula is C9H17N3O. The van der Waals surface area contributed by atoms with Crippen LogP contribution in [0.3, 0.4) is 0 Å². The Bertz CT molecular complexity index is 174. The maximum absolute atomic E-state index is 5.18. The summed E-state index contributed by atoms with van der Waals surface area (Å²) in [5.41, 5.74) is 0. The normalized spacial score (nSPS) is 17.3. The van der Waals surface area contributed by atoms with E-state index in [9.17, 15) is 0 Å². The molecule has 0 atom stereocenters. The van der Waals surface area contributed by atoms with Crippen LogP contribution < -0.4 is 0 Å². The molecule has 0 amide bonds. The lowest BCUT2D eigenvalue weighted by atomic mass is 10.4. The van der Waals surface area contributed by atoms with E-state index in [4.69, 9.17) is 4.74 Å². The molecule has 0 aromatic carbocycles. The van der Waals surface area contributed by atoms with Crippen molar-refractivity contribution in [2.45, 2.75) is 0 Å². The molecule has 0 unspecified atom stereocenters. The number of rotatable bonds is 0.